The maximum atomic E-state index is 14.8. The molecule has 3 amide bonds. The van der Waals surface area contributed by atoms with Crippen molar-refractivity contribution in [2.24, 2.45) is 17.8 Å². The maximum Gasteiger partial charge on any atom is 0.253 e. The number of likely N-dealkylation sites (tertiary alicyclic amines) is 1. The molecular formula is C35H40ClN3O6. The number of nitrogens with zero attached hydrogens (tertiary/aromatic N) is 3. The Bertz CT molecular complexity index is 1540. The molecule has 6 rings (SSSR count). The molecule has 0 aromatic heterocycles. The molecule has 10 heteroatoms. The van der Waals surface area contributed by atoms with Crippen molar-refractivity contribution in [1.29, 1.82) is 0 Å². The second-order valence-corrected chi connectivity index (χ2v) is 12.8. The minimum absolute atomic E-state index is 0.176. The first-order valence-electron chi connectivity index (χ1n) is 15.7. The number of rotatable bonds is 8. The summed E-state index contributed by atoms with van der Waals surface area (Å²) in [7, 11) is 0. The van der Waals surface area contributed by atoms with Crippen LogP contribution in [0.15, 0.2) is 72.8 Å². The molecule has 9 nitrogen and oxygen atoms in total. The number of carbonyl (C=O) groups excluding carboxylic acids is 3. The number of para-hydroxylation sites is 1. The molecule has 0 aliphatic carbocycles. The fourth-order valence-electron chi connectivity index (χ4n) is 7.68. The molecule has 1 unspecified atom stereocenters. The molecule has 1 N–H and O–H groups in total. The lowest BCUT2D eigenvalue weighted by atomic mass is 9.73. The van der Waals surface area contributed by atoms with E-state index in [1.807, 2.05) is 76.3 Å². The van der Waals surface area contributed by atoms with Crippen LogP contribution in [-0.4, -0.2) is 77.3 Å². The molecule has 2 aromatic carbocycles. The van der Waals surface area contributed by atoms with Gasteiger partial charge in [-0.15, -0.1) is 0 Å². The third-order valence-corrected chi connectivity index (χ3v) is 10.1. The van der Waals surface area contributed by atoms with Crippen LogP contribution in [0.4, 0.5) is 11.4 Å². The molecular weight excluding hydrogens is 594 g/mol. The summed E-state index contributed by atoms with van der Waals surface area (Å²) in [6.07, 6.45) is 7.89. The number of ether oxygens (including phenoxy) is 2. The van der Waals surface area contributed by atoms with Crippen LogP contribution in [0.3, 0.4) is 0 Å². The number of hydrogen-bond acceptors (Lipinski definition) is 6. The summed E-state index contributed by atoms with van der Waals surface area (Å²) in [5, 5.41) is 11.0. The fraction of sp³-hybridized carbons (Fsp3) is 0.457. The van der Waals surface area contributed by atoms with E-state index >= 15 is 0 Å². The minimum atomic E-state index is -1.45. The first-order chi connectivity index (χ1) is 21.6. The second-order valence-electron chi connectivity index (χ2n) is 12.4. The smallest absolute Gasteiger partial charge is 0.253 e. The summed E-state index contributed by atoms with van der Waals surface area (Å²) in [5.74, 6) is -2.38. The number of aliphatic hydroxyl groups excluding tert-OH is 1. The van der Waals surface area contributed by atoms with Crippen LogP contribution in [0.25, 0.3) is 0 Å². The Hall–Kier alpha value is -3.66. The Labute approximate surface area is 269 Å². The molecule has 2 aromatic rings. The zero-order chi connectivity index (χ0) is 32.1. The van der Waals surface area contributed by atoms with Gasteiger partial charge in [0.2, 0.25) is 11.8 Å². The van der Waals surface area contributed by atoms with Gasteiger partial charge in [0.15, 0.2) is 0 Å². The summed E-state index contributed by atoms with van der Waals surface area (Å²) < 4.78 is 12.7. The molecule has 238 valence electrons. The molecule has 0 saturated carbocycles. The highest BCUT2D eigenvalue weighted by Gasteiger charge is 2.76. The van der Waals surface area contributed by atoms with Crippen molar-refractivity contribution in [2.45, 2.75) is 57.4 Å². The van der Waals surface area contributed by atoms with E-state index in [4.69, 9.17) is 21.1 Å². The molecule has 2 fully saturated rings. The standard InChI is InChI=1S/C35H40ClN3O6/c1-5-34-17-9-19-37(23-13-15-24(16-14-23)44-6-2)31(41)28(34)29-32(42)39(27(21-40)22(3)4)30-33(43)38(20-10-18-35(29,30)45-34)26-12-8-7-11-25(26)36/h7-18,22,27-30,40H,5-6,19-21H2,1-4H3/t27-,28+,29-,30?,34-,35-/m0/s1. The van der Waals surface area contributed by atoms with Crippen molar-refractivity contribution in [3.05, 3.63) is 77.9 Å². The molecule has 45 heavy (non-hydrogen) atoms. The molecule has 4 aliphatic heterocycles. The van der Waals surface area contributed by atoms with Gasteiger partial charge in [0.05, 0.1) is 47.4 Å². The number of fused-ring (bicyclic) bond motifs is 2. The summed E-state index contributed by atoms with van der Waals surface area (Å²) in [4.78, 5) is 49.1. The summed E-state index contributed by atoms with van der Waals surface area (Å²) in [5.41, 5.74) is -1.39. The van der Waals surface area contributed by atoms with Crippen molar-refractivity contribution >= 4 is 40.7 Å². The molecule has 0 radical (unpaired) electrons. The Kier molecular flexibility index (Phi) is 8.31. The fourth-order valence-corrected chi connectivity index (χ4v) is 7.92. The topological polar surface area (TPSA) is 99.6 Å². The van der Waals surface area contributed by atoms with Gasteiger partial charge in [0.1, 0.15) is 17.4 Å². The van der Waals surface area contributed by atoms with Crippen LogP contribution >= 0.6 is 11.6 Å². The maximum absolute atomic E-state index is 14.8. The van der Waals surface area contributed by atoms with Gasteiger partial charge in [-0.1, -0.05) is 68.8 Å². The third kappa shape index (κ3) is 4.78. The predicted molar refractivity (Wildman–Crippen MR) is 172 cm³/mol. The van der Waals surface area contributed by atoms with Crippen molar-refractivity contribution in [3.8, 4) is 5.75 Å². The first kappa shape index (κ1) is 31.3. The monoisotopic (exact) mass is 633 g/mol. The molecule has 4 aliphatic rings. The lowest BCUT2D eigenvalue weighted by Crippen LogP contribution is -2.60. The van der Waals surface area contributed by atoms with E-state index in [0.717, 1.165) is 0 Å². The van der Waals surface area contributed by atoms with Crippen LogP contribution in [0, 0.1) is 17.8 Å². The highest BCUT2D eigenvalue weighted by atomic mass is 35.5. The van der Waals surface area contributed by atoms with Gasteiger partial charge in [-0.25, -0.2) is 0 Å². The second kappa shape index (κ2) is 11.9. The van der Waals surface area contributed by atoms with Crippen molar-refractivity contribution in [3.63, 3.8) is 0 Å². The zero-order valence-corrected chi connectivity index (χ0v) is 26.8. The first-order valence-corrected chi connectivity index (χ1v) is 16.1. The van der Waals surface area contributed by atoms with Gasteiger partial charge >= 0.3 is 0 Å². The van der Waals surface area contributed by atoms with Gasteiger partial charge in [-0.05, 0) is 55.7 Å². The van der Waals surface area contributed by atoms with Crippen LogP contribution < -0.4 is 14.5 Å². The van der Waals surface area contributed by atoms with E-state index in [9.17, 15) is 19.5 Å². The minimum Gasteiger partial charge on any atom is -0.494 e. The van der Waals surface area contributed by atoms with Gasteiger partial charge in [-0.2, -0.15) is 0 Å². The average Bonchev–Trinajstić information content (AvgIpc) is 3.31. The van der Waals surface area contributed by atoms with Crippen molar-refractivity contribution in [2.75, 3.05) is 36.1 Å². The van der Waals surface area contributed by atoms with Crippen LogP contribution in [-0.2, 0) is 19.1 Å². The van der Waals surface area contributed by atoms with Gasteiger partial charge in [-0.3, -0.25) is 14.4 Å². The highest BCUT2D eigenvalue weighted by molar-refractivity contribution is 6.34. The van der Waals surface area contributed by atoms with Crippen LogP contribution in [0.1, 0.15) is 34.1 Å². The Balaban J connectivity index is 1.50. The van der Waals surface area contributed by atoms with Crippen LogP contribution in [0.5, 0.6) is 5.75 Å². The Morgan fingerprint density at radius 2 is 1.62 bits per heavy atom. The summed E-state index contributed by atoms with van der Waals surface area (Å²) in [6.45, 7) is 8.35. The number of halogens is 1. The van der Waals surface area contributed by atoms with E-state index in [0.29, 0.717) is 41.7 Å². The lowest BCUT2D eigenvalue weighted by Gasteiger charge is -2.41. The van der Waals surface area contributed by atoms with Gasteiger partial charge in [0.25, 0.3) is 5.91 Å². The predicted octanol–water partition coefficient (Wildman–Crippen LogP) is 4.62. The third-order valence-electron chi connectivity index (χ3n) is 9.79. The van der Waals surface area contributed by atoms with E-state index in [2.05, 4.69) is 0 Å². The number of anilines is 2. The molecule has 2 saturated heterocycles. The molecule has 6 atom stereocenters. The number of carbonyl (C=O) groups is 3. The highest BCUT2D eigenvalue weighted by Crippen LogP contribution is 2.59. The van der Waals surface area contributed by atoms with E-state index in [1.165, 1.54) is 4.90 Å². The Morgan fingerprint density at radius 1 is 0.933 bits per heavy atom. The van der Waals surface area contributed by atoms with E-state index < -0.39 is 35.1 Å². The summed E-state index contributed by atoms with van der Waals surface area (Å²) in [6, 6.07) is 12.6. The number of amides is 3. The Morgan fingerprint density at radius 3 is 2.27 bits per heavy atom. The van der Waals surface area contributed by atoms with Crippen molar-refractivity contribution in [1.82, 2.24) is 4.90 Å². The van der Waals surface area contributed by atoms with Crippen LogP contribution in [0.2, 0.25) is 5.02 Å². The average molecular weight is 634 g/mol. The number of benzene rings is 2. The number of hydrogen-bond donors (Lipinski definition) is 1. The molecule has 4 heterocycles. The normalized spacial score (nSPS) is 29.9. The van der Waals surface area contributed by atoms with Gasteiger partial charge in [0, 0.05) is 18.8 Å². The SMILES string of the molecule is CCOc1ccc(N2CC=C[C@]3(CC)O[C@]45C=CCN(c6ccccc6Cl)C(=O)C4N([C@@H](CO)C(C)C)C(=O)[C@@H]5[C@@H]3C2=O)cc1. The lowest BCUT2D eigenvalue weighted by molar-refractivity contribution is -0.150. The number of aliphatic hydroxyl groups is 1. The zero-order valence-electron chi connectivity index (χ0n) is 26.1. The van der Waals surface area contributed by atoms with Gasteiger partial charge < -0.3 is 29.3 Å². The quantitative estimate of drug-likeness (QED) is 0.426. The largest absolute Gasteiger partial charge is 0.494 e. The van der Waals surface area contributed by atoms with E-state index in [-0.39, 0.29) is 36.8 Å². The van der Waals surface area contributed by atoms with E-state index in [1.54, 1.807) is 34.1 Å². The van der Waals surface area contributed by atoms with Crippen molar-refractivity contribution < 1.29 is 29.0 Å². The molecule has 0 bridgehead atoms. The summed E-state index contributed by atoms with van der Waals surface area (Å²) >= 11 is 6.58. The molecule has 1 spiro atoms.